The first-order valence-electron chi connectivity index (χ1n) is 9.23. The van der Waals surface area contributed by atoms with E-state index in [9.17, 15) is 5.26 Å². The molecule has 0 fully saturated rings. The maximum absolute atomic E-state index is 9.74. The van der Waals surface area contributed by atoms with Gasteiger partial charge in [0, 0.05) is 29.2 Å². The quantitative estimate of drug-likeness (QED) is 0.331. The third kappa shape index (κ3) is 3.95. The Hall–Kier alpha value is -3.50. The normalized spacial score (nSPS) is 11.3. The van der Waals surface area contributed by atoms with E-state index in [1.54, 1.807) is 24.3 Å². The Bertz CT molecular complexity index is 1370. The van der Waals surface area contributed by atoms with Gasteiger partial charge in [0.05, 0.1) is 33.3 Å². The first kappa shape index (κ1) is 19.8. The molecule has 0 N–H and O–H groups in total. The number of fused-ring (bicyclic) bond motifs is 1. The Morgan fingerprint density at radius 2 is 1.77 bits per heavy atom. The lowest BCUT2D eigenvalue weighted by atomic mass is 10.0. The number of hydrogen-bond donors (Lipinski definition) is 0. The van der Waals surface area contributed by atoms with Gasteiger partial charge in [-0.2, -0.15) is 10.5 Å². The van der Waals surface area contributed by atoms with Crippen molar-refractivity contribution in [2.45, 2.75) is 6.54 Å². The van der Waals surface area contributed by atoms with Crippen molar-refractivity contribution in [1.29, 1.82) is 10.5 Å². The van der Waals surface area contributed by atoms with Crippen LogP contribution in [0.15, 0.2) is 72.9 Å². The lowest BCUT2D eigenvalue weighted by Crippen LogP contribution is -1.97. The van der Waals surface area contributed by atoms with Gasteiger partial charge in [-0.1, -0.05) is 59.6 Å². The lowest BCUT2D eigenvalue weighted by molar-refractivity contribution is 0.836. The van der Waals surface area contributed by atoms with E-state index < -0.39 is 0 Å². The highest BCUT2D eigenvalue weighted by atomic mass is 35.5. The molecular formula is C25H15Cl2N3. The van der Waals surface area contributed by atoms with Gasteiger partial charge in [-0.3, -0.25) is 0 Å². The summed E-state index contributed by atoms with van der Waals surface area (Å²) in [4.78, 5) is 0. The first-order valence-corrected chi connectivity index (χ1v) is 9.99. The molecule has 0 bridgehead atoms. The van der Waals surface area contributed by atoms with E-state index in [1.165, 1.54) is 0 Å². The van der Waals surface area contributed by atoms with E-state index in [0.29, 0.717) is 27.7 Å². The molecule has 0 unspecified atom stereocenters. The Morgan fingerprint density at radius 1 is 0.933 bits per heavy atom. The van der Waals surface area contributed by atoms with Crippen molar-refractivity contribution in [2.24, 2.45) is 0 Å². The van der Waals surface area contributed by atoms with Crippen LogP contribution in [0.4, 0.5) is 0 Å². The lowest BCUT2D eigenvalue weighted by Gasteiger charge is -2.06. The molecule has 1 heterocycles. The van der Waals surface area contributed by atoms with Crippen LogP contribution in [0.25, 0.3) is 22.6 Å². The molecule has 4 rings (SSSR count). The van der Waals surface area contributed by atoms with Crippen molar-refractivity contribution in [2.75, 3.05) is 0 Å². The fourth-order valence-corrected chi connectivity index (χ4v) is 3.77. The van der Waals surface area contributed by atoms with Crippen LogP contribution in [-0.4, -0.2) is 4.57 Å². The summed E-state index contributed by atoms with van der Waals surface area (Å²) in [6.45, 7) is 0.622. The van der Waals surface area contributed by atoms with E-state index in [1.807, 2.05) is 54.7 Å². The number of nitriles is 2. The molecule has 3 aromatic carbocycles. The monoisotopic (exact) mass is 427 g/mol. The third-order valence-electron chi connectivity index (χ3n) is 4.88. The first-order chi connectivity index (χ1) is 14.6. The summed E-state index contributed by atoms with van der Waals surface area (Å²) < 4.78 is 2.13. The van der Waals surface area contributed by atoms with Gasteiger partial charge in [-0.05, 0) is 47.5 Å². The maximum atomic E-state index is 9.74. The van der Waals surface area contributed by atoms with Gasteiger partial charge in [-0.25, -0.2) is 0 Å². The largest absolute Gasteiger partial charge is 0.342 e. The van der Waals surface area contributed by atoms with Crippen LogP contribution < -0.4 is 0 Å². The van der Waals surface area contributed by atoms with Crippen LogP contribution in [0.2, 0.25) is 10.0 Å². The number of aromatic nitrogens is 1. The minimum Gasteiger partial charge on any atom is -0.342 e. The van der Waals surface area contributed by atoms with Gasteiger partial charge in [0.15, 0.2) is 0 Å². The summed E-state index contributed by atoms with van der Waals surface area (Å²) in [6.07, 6.45) is 3.89. The molecule has 1 aromatic heterocycles. The summed E-state index contributed by atoms with van der Waals surface area (Å²) in [6, 6.07) is 25.1. The predicted molar refractivity (Wildman–Crippen MR) is 122 cm³/mol. The second-order valence-corrected chi connectivity index (χ2v) is 7.65. The van der Waals surface area contributed by atoms with Crippen LogP contribution in [-0.2, 0) is 6.54 Å². The molecule has 0 aliphatic heterocycles. The summed E-state index contributed by atoms with van der Waals surface area (Å²) in [5.41, 5.74) is 4.77. The number of nitrogens with zero attached hydrogens (tertiary/aromatic N) is 3. The summed E-state index contributed by atoms with van der Waals surface area (Å²) in [5, 5.41) is 21.0. The van der Waals surface area contributed by atoms with Gasteiger partial charge in [0.25, 0.3) is 0 Å². The fraction of sp³-hybridized carbons (Fsp3) is 0.0400. The van der Waals surface area contributed by atoms with E-state index in [-0.39, 0.29) is 0 Å². The van der Waals surface area contributed by atoms with E-state index in [0.717, 1.165) is 27.6 Å². The predicted octanol–water partition coefficient (Wildman–Crippen LogP) is 6.93. The number of rotatable bonds is 4. The highest BCUT2D eigenvalue weighted by Gasteiger charge is 2.10. The average molecular weight is 428 g/mol. The highest BCUT2D eigenvalue weighted by Crippen LogP contribution is 2.28. The number of hydrogen-bond acceptors (Lipinski definition) is 2. The SMILES string of the molecule is N#C/C(=C\c1cn(Cc2ccc(Cl)c(Cl)c2)c2ccccc12)c1cccc(C#N)c1. The van der Waals surface area contributed by atoms with Crippen molar-refractivity contribution in [3.05, 3.63) is 105 Å². The fourth-order valence-electron chi connectivity index (χ4n) is 3.45. The average Bonchev–Trinajstić information content (AvgIpc) is 3.12. The van der Waals surface area contributed by atoms with E-state index in [2.05, 4.69) is 16.7 Å². The van der Waals surface area contributed by atoms with Crippen molar-refractivity contribution < 1.29 is 0 Å². The Labute approximate surface area is 184 Å². The number of benzene rings is 3. The maximum Gasteiger partial charge on any atom is 0.0998 e. The molecule has 0 aliphatic rings. The zero-order valence-electron chi connectivity index (χ0n) is 15.8. The van der Waals surface area contributed by atoms with Crippen molar-refractivity contribution >= 4 is 45.8 Å². The second kappa shape index (κ2) is 8.47. The number of para-hydroxylation sites is 1. The van der Waals surface area contributed by atoms with Crippen molar-refractivity contribution in [3.8, 4) is 12.1 Å². The summed E-state index contributed by atoms with van der Waals surface area (Å²) >= 11 is 12.2. The molecule has 5 heteroatoms. The smallest absolute Gasteiger partial charge is 0.0998 e. The molecule has 0 saturated heterocycles. The zero-order valence-corrected chi connectivity index (χ0v) is 17.3. The third-order valence-corrected chi connectivity index (χ3v) is 5.62. The molecule has 3 nitrogen and oxygen atoms in total. The van der Waals surface area contributed by atoms with Crippen LogP contribution >= 0.6 is 23.2 Å². The minimum atomic E-state index is 0.504. The van der Waals surface area contributed by atoms with Crippen molar-refractivity contribution in [1.82, 2.24) is 4.57 Å². The van der Waals surface area contributed by atoms with Crippen LogP contribution in [0.5, 0.6) is 0 Å². The molecule has 0 spiro atoms. The van der Waals surface area contributed by atoms with Crippen LogP contribution in [0.3, 0.4) is 0 Å². The Balaban J connectivity index is 1.80. The molecule has 0 amide bonds. The topological polar surface area (TPSA) is 52.5 Å². The molecule has 0 saturated carbocycles. The Kier molecular flexibility index (Phi) is 5.59. The minimum absolute atomic E-state index is 0.504. The molecule has 30 heavy (non-hydrogen) atoms. The van der Waals surface area contributed by atoms with Gasteiger partial charge >= 0.3 is 0 Å². The van der Waals surface area contributed by atoms with Gasteiger partial charge in [0.1, 0.15) is 0 Å². The molecule has 0 atom stereocenters. The second-order valence-electron chi connectivity index (χ2n) is 6.84. The summed E-state index contributed by atoms with van der Waals surface area (Å²) in [7, 11) is 0. The van der Waals surface area contributed by atoms with Gasteiger partial charge in [0.2, 0.25) is 0 Å². The van der Waals surface area contributed by atoms with E-state index in [4.69, 9.17) is 28.5 Å². The number of halogens is 2. The van der Waals surface area contributed by atoms with Crippen LogP contribution in [0, 0.1) is 22.7 Å². The molecule has 0 aliphatic carbocycles. The molecule has 0 radical (unpaired) electrons. The van der Waals surface area contributed by atoms with Crippen molar-refractivity contribution in [3.63, 3.8) is 0 Å². The van der Waals surface area contributed by atoms with Gasteiger partial charge < -0.3 is 4.57 Å². The standard InChI is InChI=1S/C25H15Cl2N3/c26-23-9-8-18(11-24(23)27)15-30-16-21(22-6-1-2-7-25(22)30)12-20(14-29)19-5-3-4-17(10-19)13-28/h1-12,16H,15H2/b20-12+. The van der Waals surface area contributed by atoms with E-state index >= 15 is 0 Å². The zero-order chi connectivity index (χ0) is 21.1. The molecular weight excluding hydrogens is 413 g/mol. The van der Waals surface area contributed by atoms with Crippen LogP contribution in [0.1, 0.15) is 22.3 Å². The molecule has 4 aromatic rings. The molecule has 144 valence electrons. The Morgan fingerprint density at radius 3 is 2.53 bits per heavy atom. The van der Waals surface area contributed by atoms with Gasteiger partial charge in [-0.15, -0.1) is 0 Å². The summed E-state index contributed by atoms with van der Waals surface area (Å²) in [5.74, 6) is 0. The number of allylic oxidation sites excluding steroid dienone is 1. The highest BCUT2D eigenvalue weighted by molar-refractivity contribution is 6.42.